The van der Waals surface area contributed by atoms with Gasteiger partial charge in [-0.05, 0) is 134 Å². The van der Waals surface area contributed by atoms with Crippen molar-refractivity contribution < 1.29 is 4.42 Å². The van der Waals surface area contributed by atoms with Crippen LogP contribution in [0.4, 0.5) is 17.1 Å². The summed E-state index contributed by atoms with van der Waals surface area (Å²) >= 11 is 0. The van der Waals surface area contributed by atoms with Gasteiger partial charge in [0.05, 0.1) is 16.4 Å². The van der Waals surface area contributed by atoms with Gasteiger partial charge in [0.15, 0.2) is 0 Å². The first-order valence-electron chi connectivity index (χ1n) is 26.1. The lowest BCUT2D eigenvalue weighted by molar-refractivity contribution is 0.670. The molecule has 0 spiro atoms. The molecule has 0 fully saturated rings. The average molecular weight is 969 g/mol. The summed E-state index contributed by atoms with van der Waals surface area (Å²) in [6.45, 7) is 0. The molecule has 0 saturated carbocycles. The Kier molecular flexibility index (Phi) is 10.1. The quantitative estimate of drug-likeness (QED) is 0.144. The van der Waals surface area contributed by atoms with Crippen LogP contribution in [-0.4, -0.2) is 4.57 Å². The SMILES string of the molecule is c1ccc(C2(c3ccccc3)c3ccccc3-c3cc(N(c4ccc(-c5cccc(-c6cccc7c6oc6ccccc67)c5)cc4)c4ccc(-c5cccc(-n6c7ccccc7c7ccccc76)c5)cc4)ccc32)cc1. The second-order valence-corrected chi connectivity index (χ2v) is 20.0. The molecule has 12 aromatic carbocycles. The summed E-state index contributed by atoms with van der Waals surface area (Å²) in [5, 5.41) is 4.78. The summed E-state index contributed by atoms with van der Waals surface area (Å²) in [4.78, 5) is 2.41. The normalized spacial score (nSPS) is 12.6. The number of fused-ring (bicyclic) bond motifs is 9. The Bertz CT molecular complexity index is 4420. The van der Waals surface area contributed by atoms with Crippen molar-refractivity contribution in [2.45, 2.75) is 5.41 Å². The van der Waals surface area contributed by atoms with E-state index in [0.717, 1.165) is 78.1 Å². The van der Waals surface area contributed by atoms with Crippen LogP contribution in [0, 0.1) is 0 Å². The highest BCUT2D eigenvalue weighted by Crippen LogP contribution is 2.57. The van der Waals surface area contributed by atoms with Gasteiger partial charge in [-0.2, -0.15) is 0 Å². The number of aromatic nitrogens is 1. The van der Waals surface area contributed by atoms with Crippen LogP contribution in [0.1, 0.15) is 22.3 Å². The van der Waals surface area contributed by atoms with Crippen LogP contribution < -0.4 is 4.90 Å². The van der Waals surface area contributed by atoms with E-state index in [-0.39, 0.29) is 0 Å². The largest absolute Gasteiger partial charge is 0.455 e. The average Bonchev–Trinajstić information content (AvgIpc) is 4.33. The molecule has 14 aromatic rings. The molecule has 76 heavy (non-hydrogen) atoms. The topological polar surface area (TPSA) is 21.3 Å². The lowest BCUT2D eigenvalue weighted by Gasteiger charge is -2.34. The van der Waals surface area contributed by atoms with Gasteiger partial charge in [-0.25, -0.2) is 0 Å². The van der Waals surface area contributed by atoms with E-state index in [9.17, 15) is 0 Å². The van der Waals surface area contributed by atoms with Crippen LogP contribution in [0.5, 0.6) is 0 Å². The zero-order valence-electron chi connectivity index (χ0n) is 41.5. The van der Waals surface area contributed by atoms with Gasteiger partial charge in [0.25, 0.3) is 0 Å². The summed E-state index contributed by atoms with van der Waals surface area (Å²) in [6.07, 6.45) is 0. The predicted molar refractivity (Wildman–Crippen MR) is 316 cm³/mol. The van der Waals surface area contributed by atoms with Crippen molar-refractivity contribution in [1.29, 1.82) is 0 Å². The van der Waals surface area contributed by atoms with Crippen LogP contribution >= 0.6 is 0 Å². The first kappa shape index (κ1) is 43.6. The molecular formula is C73H48N2O. The van der Waals surface area contributed by atoms with Crippen LogP contribution in [0.25, 0.3) is 93.9 Å². The van der Waals surface area contributed by atoms with E-state index in [1.54, 1.807) is 0 Å². The fraction of sp³-hybridized carbons (Fsp3) is 0.0137. The highest BCUT2D eigenvalue weighted by atomic mass is 16.3. The van der Waals surface area contributed by atoms with Crippen molar-refractivity contribution in [2.75, 3.05) is 4.90 Å². The zero-order chi connectivity index (χ0) is 50.2. The van der Waals surface area contributed by atoms with Gasteiger partial charge in [0, 0.05) is 49.9 Å². The van der Waals surface area contributed by atoms with Crippen molar-refractivity contribution in [3.63, 3.8) is 0 Å². The lowest BCUT2D eigenvalue weighted by Crippen LogP contribution is -2.28. The third kappa shape index (κ3) is 6.83. The molecule has 3 nitrogen and oxygen atoms in total. The third-order valence-electron chi connectivity index (χ3n) is 15.9. The number of nitrogens with zero attached hydrogens (tertiary/aromatic N) is 2. The minimum Gasteiger partial charge on any atom is -0.455 e. The second kappa shape index (κ2) is 17.6. The zero-order valence-corrected chi connectivity index (χ0v) is 41.5. The molecule has 0 unspecified atom stereocenters. The molecule has 2 heterocycles. The maximum Gasteiger partial charge on any atom is 0.143 e. The Balaban J connectivity index is 0.851. The van der Waals surface area contributed by atoms with Crippen molar-refractivity contribution in [1.82, 2.24) is 4.57 Å². The second-order valence-electron chi connectivity index (χ2n) is 20.0. The molecule has 1 aliphatic carbocycles. The Labute approximate surface area is 441 Å². The highest BCUT2D eigenvalue weighted by Gasteiger charge is 2.46. The van der Waals surface area contributed by atoms with Gasteiger partial charge in [0.1, 0.15) is 11.2 Å². The monoisotopic (exact) mass is 968 g/mol. The summed E-state index contributed by atoms with van der Waals surface area (Å²) in [5.41, 5.74) is 22.4. The molecule has 1 aliphatic rings. The number of benzene rings is 12. The Morgan fingerprint density at radius 2 is 0.803 bits per heavy atom. The molecule has 356 valence electrons. The van der Waals surface area contributed by atoms with Crippen molar-refractivity contribution in [3.8, 4) is 50.2 Å². The lowest BCUT2D eigenvalue weighted by atomic mass is 9.68. The number of hydrogen-bond donors (Lipinski definition) is 0. The molecule has 15 rings (SSSR count). The third-order valence-corrected chi connectivity index (χ3v) is 15.9. The van der Waals surface area contributed by atoms with E-state index in [2.05, 4.69) is 289 Å². The number of para-hydroxylation sites is 4. The van der Waals surface area contributed by atoms with Crippen LogP contribution in [-0.2, 0) is 5.41 Å². The van der Waals surface area contributed by atoms with Crippen LogP contribution in [0.2, 0.25) is 0 Å². The van der Waals surface area contributed by atoms with E-state index in [4.69, 9.17) is 4.42 Å². The van der Waals surface area contributed by atoms with Crippen LogP contribution in [0.3, 0.4) is 0 Å². The number of rotatable bonds is 9. The minimum absolute atomic E-state index is 0.487. The molecule has 0 radical (unpaired) electrons. The first-order valence-corrected chi connectivity index (χ1v) is 26.1. The van der Waals surface area contributed by atoms with E-state index < -0.39 is 5.41 Å². The Hall–Kier alpha value is -9.96. The molecule has 2 aromatic heterocycles. The fourth-order valence-electron chi connectivity index (χ4n) is 12.5. The van der Waals surface area contributed by atoms with Gasteiger partial charge in [-0.1, -0.05) is 218 Å². The van der Waals surface area contributed by atoms with Crippen molar-refractivity contribution in [2.24, 2.45) is 0 Å². The molecule has 0 aliphatic heterocycles. The van der Waals surface area contributed by atoms with E-state index in [0.29, 0.717) is 0 Å². The minimum atomic E-state index is -0.487. The summed E-state index contributed by atoms with van der Waals surface area (Å²) < 4.78 is 8.88. The number of anilines is 3. The molecule has 0 amide bonds. The fourth-order valence-corrected chi connectivity index (χ4v) is 12.5. The van der Waals surface area contributed by atoms with E-state index in [1.807, 2.05) is 12.1 Å². The van der Waals surface area contributed by atoms with Gasteiger partial charge in [-0.3, -0.25) is 0 Å². The molecule has 0 bridgehead atoms. The van der Waals surface area contributed by atoms with Gasteiger partial charge in [-0.15, -0.1) is 0 Å². The van der Waals surface area contributed by atoms with E-state index >= 15 is 0 Å². The Morgan fingerprint density at radius 3 is 1.49 bits per heavy atom. The number of hydrogen-bond acceptors (Lipinski definition) is 2. The standard InChI is InChI=1S/C73H48N2O/c1-3-21-54(22-4-1)73(55-23-5-2-6-24-55)67-32-11-7-26-61(67)66-48-59(44-45-68(66)73)74(56-40-36-49(37-41-56)51-18-15-20-53(46-51)60-30-17-31-65-64-29-10-14-35-71(64)76-72(60)65)57-42-38-50(39-43-57)52-19-16-25-58(47-52)75-69-33-12-8-27-62(69)63-28-9-13-34-70(63)75/h1-48H. The van der Waals surface area contributed by atoms with Gasteiger partial charge < -0.3 is 13.9 Å². The smallest absolute Gasteiger partial charge is 0.143 e. The van der Waals surface area contributed by atoms with E-state index in [1.165, 1.54) is 55.2 Å². The Morgan fingerprint density at radius 1 is 0.303 bits per heavy atom. The molecular weight excluding hydrogens is 921 g/mol. The first-order chi connectivity index (χ1) is 37.7. The molecule has 0 atom stereocenters. The predicted octanol–water partition coefficient (Wildman–Crippen LogP) is 19.5. The van der Waals surface area contributed by atoms with Crippen LogP contribution in [0.15, 0.2) is 296 Å². The maximum atomic E-state index is 6.49. The maximum absolute atomic E-state index is 6.49. The summed E-state index contributed by atoms with van der Waals surface area (Å²) in [5.74, 6) is 0. The van der Waals surface area contributed by atoms with Crippen molar-refractivity contribution in [3.05, 3.63) is 313 Å². The summed E-state index contributed by atoms with van der Waals surface area (Å²) in [6, 6.07) is 106. The molecule has 3 heteroatoms. The highest BCUT2D eigenvalue weighted by molar-refractivity contribution is 6.10. The van der Waals surface area contributed by atoms with Gasteiger partial charge >= 0.3 is 0 Å². The summed E-state index contributed by atoms with van der Waals surface area (Å²) in [7, 11) is 0. The van der Waals surface area contributed by atoms with Crippen molar-refractivity contribution >= 4 is 60.8 Å². The molecule has 0 N–H and O–H groups in total. The number of furan rings is 1. The van der Waals surface area contributed by atoms with Gasteiger partial charge in [0.2, 0.25) is 0 Å². The molecule has 0 saturated heterocycles.